The number of carbonyl (C=O) groups excluding carboxylic acids is 3. The van der Waals surface area contributed by atoms with Crippen LogP contribution >= 0.6 is 11.3 Å². The van der Waals surface area contributed by atoms with Crippen molar-refractivity contribution in [2.45, 2.75) is 39.0 Å². The Morgan fingerprint density at radius 1 is 1.04 bits per heavy atom. The number of aryl methyl sites for hydroxylation is 1. The highest BCUT2D eigenvalue weighted by molar-refractivity contribution is 7.14. The molecule has 1 heterocycles. The van der Waals surface area contributed by atoms with Crippen molar-refractivity contribution >= 4 is 28.8 Å². The Hall–Kier alpha value is -2.47. The zero-order valence-electron chi connectivity index (χ0n) is 14.8. The summed E-state index contributed by atoms with van der Waals surface area (Å²) in [6.45, 7) is 2.39. The van der Waals surface area contributed by atoms with Gasteiger partial charge in [-0.3, -0.25) is 14.4 Å². The van der Waals surface area contributed by atoms with Gasteiger partial charge in [-0.25, -0.2) is 0 Å². The summed E-state index contributed by atoms with van der Waals surface area (Å²) < 4.78 is 0. The van der Waals surface area contributed by atoms with Gasteiger partial charge in [-0.05, 0) is 43.2 Å². The number of benzene rings is 1. The van der Waals surface area contributed by atoms with Gasteiger partial charge in [-0.1, -0.05) is 12.1 Å². The second-order valence-electron chi connectivity index (χ2n) is 6.14. The van der Waals surface area contributed by atoms with Crippen molar-refractivity contribution in [2.75, 3.05) is 6.54 Å². The van der Waals surface area contributed by atoms with Crippen LogP contribution in [-0.4, -0.2) is 29.1 Å². The number of amides is 1. The van der Waals surface area contributed by atoms with Crippen molar-refractivity contribution in [2.24, 2.45) is 0 Å². The number of rotatable bonds is 10. The van der Waals surface area contributed by atoms with Crippen LogP contribution in [-0.2, 0) is 16.0 Å². The number of aromatic hydroxyl groups is 1. The molecular weight excluding hydrogens is 350 g/mol. The van der Waals surface area contributed by atoms with Gasteiger partial charge < -0.3 is 10.4 Å². The van der Waals surface area contributed by atoms with Gasteiger partial charge in [0.2, 0.25) is 5.91 Å². The highest BCUT2D eigenvalue weighted by Crippen LogP contribution is 2.17. The molecule has 5 nitrogen and oxygen atoms in total. The first-order chi connectivity index (χ1) is 12.4. The average Bonchev–Trinajstić information content (AvgIpc) is 3.04. The molecule has 0 aliphatic heterocycles. The van der Waals surface area contributed by atoms with Crippen LogP contribution in [0.25, 0.3) is 0 Å². The Morgan fingerprint density at radius 3 is 2.50 bits per heavy atom. The predicted octanol–water partition coefficient (Wildman–Crippen LogP) is 3.43. The number of phenolic OH excluding ortho intramolecular Hbond substituents is 1. The Labute approximate surface area is 157 Å². The predicted molar refractivity (Wildman–Crippen MR) is 102 cm³/mol. The topological polar surface area (TPSA) is 83.5 Å². The van der Waals surface area contributed by atoms with Gasteiger partial charge in [0.05, 0.1) is 4.88 Å². The molecule has 0 fully saturated rings. The normalized spacial score (nSPS) is 10.5. The standard InChI is InChI=1S/C20H23NO4S/c1-14-5-9-19(26-14)18(24)8-6-16(22)7-10-20(25)21-12-11-15-3-2-4-17(23)13-15/h2-5,9,13,23H,6-8,10-12H2,1H3,(H,21,25). The van der Waals surface area contributed by atoms with Crippen LogP contribution in [0.2, 0.25) is 0 Å². The molecule has 1 aromatic carbocycles. The Morgan fingerprint density at radius 2 is 1.81 bits per heavy atom. The fourth-order valence-electron chi connectivity index (χ4n) is 2.49. The van der Waals surface area contributed by atoms with E-state index in [1.165, 1.54) is 11.3 Å². The first kappa shape index (κ1) is 19.8. The highest BCUT2D eigenvalue weighted by atomic mass is 32.1. The molecule has 2 aromatic rings. The molecule has 0 unspecified atom stereocenters. The van der Waals surface area contributed by atoms with E-state index in [2.05, 4.69) is 5.32 Å². The lowest BCUT2D eigenvalue weighted by Crippen LogP contribution is -2.26. The maximum Gasteiger partial charge on any atom is 0.220 e. The van der Waals surface area contributed by atoms with Crippen molar-refractivity contribution in [1.82, 2.24) is 5.32 Å². The Balaban J connectivity index is 1.60. The van der Waals surface area contributed by atoms with Crippen molar-refractivity contribution in [3.05, 3.63) is 51.7 Å². The fraction of sp³-hybridized carbons (Fsp3) is 0.350. The van der Waals surface area contributed by atoms with E-state index in [9.17, 15) is 19.5 Å². The maximum atomic E-state index is 12.0. The van der Waals surface area contributed by atoms with Crippen molar-refractivity contribution in [3.8, 4) is 5.75 Å². The van der Waals surface area contributed by atoms with E-state index < -0.39 is 0 Å². The van der Waals surface area contributed by atoms with Crippen molar-refractivity contribution < 1.29 is 19.5 Å². The summed E-state index contributed by atoms with van der Waals surface area (Å²) in [6.07, 6.45) is 1.26. The molecule has 0 spiro atoms. The smallest absolute Gasteiger partial charge is 0.220 e. The third-order valence-corrected chi connectivity index (χ3v) is 4.97. The fourth-order valence-corrected chi connectivity index (χ4v) is 3.32. The molecule has 0 saturated heterocycles. The molecule has 6 heteroatoms. The molecule has 0 bridgehead atoms. The molecule has 2 N–H and O–H groups in total. The molecule has 138 valence electrons. The lowest BCUT2D eigenvalue weighted by molar-refractivity contribution is -0.125. The number of hydrogen-bond donors (Lipinski definition) is 2. The first-order valence-electron chi connectivity index (χ1n) is 8.60. The molecule has 0 saturated carbocycles. The summed E-state index contributed by atoms with van der Waals surface area (Å²) >= 11 is 1.43. The van der Waals surface area contributed by atoms with E-state index in [1.54, 1.807) is 24.3 Å². The summed E-state index contributed by atoms with van der Waals surface area (Å²) in [4.78, 5) is 37.4. The van der Waals surface area contributed by atoms with Crippen LogP contribution in [0.4, 0.5) is 0 Å². The number of ketones is 2. The molecule has 0 aliphatic rings. The van der Waals surface area contributed by atoms with E-state index in [-0.39, 0.29) is 48.9 Å². The average molecular weight is 373 g/mol. The second-order valence-corrected chi connectivity index (χ2v) is 7.43. The first-order valence-corrected chi connectivity index (χ1v) is 9.41. The highest BCUT2D eigenvalue weighted by Gasteiger charge is 2.12. The number of phenols is 1. The van der Waals surface area contributed by atoms with E-state index >= 15 is 0 Å². The van der Waals surface area contributed by atoms with E-state index in [0.29, 0.717) is 17.8 Å². The van der Waals surface area contributed by atoms with Crippen LogP contribution in [0, 0.1) is 6.92 Å². The lowest BCUT2D eigenvalue weighted by Gasteiger charge is -2.05. The zero-order chi connectivity index (χ0) is 18.9. The number of Topliss-reactive ketones (excluding diaryl/α,β-unsaturated/α-hetero) is 2. The molecule has 26 heavy (non-hydrogen) atoms. The molecule has 1 aromatic heterocycles. The zero-order valence-corrected chi connectivity index (χ0v) is 15.6. The number of nitrogens with one attached hydrogen (secondary N) is 1. The quantitative estimate of drug-likeness (QED) is 0.625. The summed E-state index contributed by atoms with van der Waals surface area (Å²) in [5.41, 5.74) is 0.934. The van der Waals surface area contributed by atoms with Crippen LogP contribution in [0.5, 0.6) is 5.75 Å². The van der Waals surface area contributed by atoms with Gasteiger partial charge in [0.1, 0.15) is 11.5 Å². The number of hydrogen-bond acceptors (Lipinski definition) is 5. The largest absolute Gasteiger partial charge is 0.508 e. The molecule has 2 rings (SSSR count). The molecular formula is C20H23NO4S. The van der Waals surface area contributed by atoms with Crippen LogP contribution in [0.15, 0.2) is 36.4 Å². The van der Waals surface area contributed by atoms with Crippen molar-refractivity contribution in [3.63, 3.8) is 0 Å². The molecule has 0 aliphatic carbocycles. The van der Waals surface area contributed by atoms with Crippen LogP contribution in [0.3, 0.4) is 0 Å². The van der Waals surface area contributed by atoms with Gasteiger partial charge in [0.15, 0.2) is 5.78 Å². The summed E-state index contributed by atoms with van der Waals surface area (Å²) in [7, 11) is 0. The van der Waals surface area contributed by atoms with E-state index in [4.69, 9.17) is 0 Å². The lowest BCUT2D eigenvalue weighted by atomic mass is 10.1. The van der Waals surface area contributed by atoms with Gasteiger partial charge in [-0.15, -0.1) is 11.3 Å². The van der Waals surface area contributed by atoms with E-state index in [0.717, 1.165) is 10.4 Å². The van der Waals surface area contributed by atoms with Crippen LogP contribution < -0.4 is 5.32 Å². The maximum absolute atomic E-state index is 12.0. The van der Waals surface area contributed by atoms with Crippen molar-refractivity contribution in [1.29, 1.82) is 0 Å². The van der Waals surface area contributed by atoms with Gasteiger partial charge in [0.25, 0.3) is 0 Å². The van der Waals surface area contributed by atoms with Gasteiger partial charge >= 0.3 is 0 Å². The second kappa shape index (κ2) is 9.87. The van der Waals surface area contributed by atoms with Gasteiger partial charge in [0, 0.05) is 37.1 Å². The summed E-state index contributed by atoms with van der Waals surface area (Å²) in [5, 5.41) is 12.1. The third-order valence-electron chi connectivity index (χ3n) is 3.92. The minimum absolute atomic E-state index is 0.0213. The summed E-state index contributed by atoms with van der Waals surface area (Å²) in [6, 6.07) is 10.6. The Kier molecular flexibility index (Phi) is 7.53. The van der Waals surface area contributed by atoms with Crippen LogP contribution in [0.1, 0.15) is 45.8 Å². The van der Waals surface area contributed by atoms with E-state index in [1.807, 2.05) is 19.1 Å². The Bertz CT molecular complexity index is 782. The minimum Gasteiger partial charge on any atom is -0.508 e. The molecule has 0 radical (unpaired) electrons. The number of carbonyl (C=O) groups is 3. The minimum atomic E-state index is -0.182. The summed E-state index contributed by atoms with van der Waals surface area (Å²) in [5.74, 6) is -0.0767. The monoisotopic (exact) mass is 373 g/mol. The SMILES string of the molecule is Cc1ccc(C(=O)CCC(=O)CCC(=O)NCCc2cccc(O)c2)s1. The van der Waals surface area contributed by atoms with Gasteiger partial charge in [-0.2, -0.15) is 0 Å². The third kappa shape index (κ3) is 6.80. The molecule has 1 amide bonds. The molecule has 0 atom stereocenters. The number of thiophene rings is 1.